The van der Waals surface area contributed by atoms with Crippen LogP contribution in [-0.2, 0) is 0 Å². The Labute approximate surface area is 150 Å². The molecule has 1 aliphatic heterocycles. The zero-order chi connectivity index (χ0) is 15.2. The number of phenolic OH excluding ortho intramolecular Hbond substituents is 3. The van der Waals surface area contributed by atoms with Crippen LogP contribution in [-0.4, -0.2) is 46.4 Å². The molecule has 23 heavy (non-hydrogen) atoms. The maximum absolute atomic E-state index is 10.2. The van der Waals surface area contributed by atoms with Gasteiger partial charge in [0.1, 0.15) is 17.2 Å². The fourth-order valence-electron chi connectivity index (χ4n) is 3.04. The predicted molar refractivity (Wildman–Crippen MR) is 97.3 cm³/mol. The Morgan fingerprint density at radius 2 is 1.61 bits per heavy atom. The maximum atomic E-state index is 10.2. The largest absolute Gasteiger partial charge is 0.508 e. The second-order valence-electron chi connectivity index (χ2n) is 5.70. The van der Waals surface area contributed by atoms with Crippen molar-refractivity contribution in [2.24, 2.45) is 0 Å². The smallest absolute Gasteiger partial charge is 0.127 e. The van der Waals surface area contributed by atoms with E-state index in [9.17, 15) is 15.3 Å². The number of nitrogens with zero attached hydrogens (tertiary/aromatic N) is 1. The van der Waals surface area contributed by atoms with Crippen molar-refractivity contribution in [1.82, 2.24) is 10.2 Å². The van der Waals surface area contributed by atoms with Gasteiger partial charge in [0.2, 0.25) is 0 Å². The Morgan fingerprint density at radius 1 is 1.04 bits per heavy atom. The average molecular weight is 367 g/mol. The van der Waals surface area contributed by atoms with Crippen LogP contribution in [0, 0.1) is 0 Å². The Kier molecular flexibility index (Phi) is 10.4. The van der Waals surface area contributed by atoms with E-state index in [2.05, 4.69) is 17.1 Å². The molecule has 0 radical (unpaired) electrons. The van der Waals surface area contributed by atoms with Gasteiger partial charge in [0.15, 0.2) is 0 Å². The molecule has 1 aromatic carbocycles. The molecule has 0 spiro atoms. The first kappa shape index (κ1) is 22.1. The first-order chi connectivity index (χ1) is 10.1. The molecule has 0 bridgehead atoms. The fraction of sp³-hybridized carbons (Fsp3) is 0.625. The highest BCUT2D eigenvalue weighted by Gasteiger charge is 2.27. The van der Waals surface area contributed by atoms with Gasteiger partial charge in [-0.05, 0) is 6.42 Å². The summed E-state index contributed by atoms with van der Waals surface area (Å²) in [6.07, 6.45) is 4.24. The second kappa shape index (κ2) is 10.8. The number of rotatable bonds is 6. The van der Waals surface area contributed by atoms with Crippen molar-refractivity contribution < 1.29 is 15.3 Å². The molecule has 1 fully saturated rings. The van der Waals surface area contributed by atoms with Gasteiger partial charge in [-0.2, -0.15) is 0 Å². The van der Waals surface area contributed by atoms with Crippen LogP contribution in [0.2, 0.25) is 0 Å². The summed E-state index contributed by atoms with van der Waals surface area (Å²) in [4.78, 5) is 2.30. The van der Waals surface area contributed by atoms with Crippen LogP contribution in [0.5, 0.6) is 17.2 Å². The van der Waals surface area contributed by atoms with Crippen LogP contribution in [0.25, 0.3) is 0 Å². The molecule has 0 saturated carbocycles. The van der Waals surface area contributed by atoms with Gasteiger partial charge in [-0.1, -0.05) is 26.2 Å². The first-order valence-corrected chi connectivity index (χ1v) is 7.83. The third-order valence-electron chi connectivity index (χ3n) is 4.13. The number of hydrogen-bond acceptors (Lipinski definition) is 5. The van der Waals surface area contributed by atoms with Crippen LogP contribution >= 0.6 is 24.8 Å². The average Bonchev–Trinajstić information content (AvgIpc) is 2.45. The van der Waals surface area contributed by atoms with E-state index in [1.54, 1.807) is 0 Å². The summed E-state index contributed by atoms with van der Waals surface area (Å²) in [6, 6.07) is 2.62. The van der Waals surface area contributed by atoms with Crippen LogP contribution in [0.1, 0.15) is 44.2 Å². The summed E-state index contributed by atoms with van der Waals surface area (Å²) in [5.74, 6) is -0.151. The Hall–Kier alpha value is -0.880. The lowest BCUT2D eigenvalue weighted by atomic mass is 9.96. The van der Waals surface area contributed by atoms with Crippen molar-refractivity contribution in [2.75, 3.05) is 26.2 Å². The zero-order valence-electron chi connectivity index (χ0n) is 13.5. The van der Waals surface area contributed by atoms with Gasteiger partial charge in [-0.15, -0.1) is 24.8 Å². The van der Waals surface area contributed by atoms with E-state index in [1.165, 1.54) is 12.1 Å². The van der Waals surface area contributed by atoms with E-state index in [0.717, 1.165) is 51.9 Å². The number of unbranched alkanes of at least 4 members (excludes halogenated alkanes) is 2. The molecule has 0 unspecified atom stereocenters. The van der Waals surface area contributed by atoms with Crippen molar-refractivity contribution >= 4 is 24.8 Å². The molecular weight excluding hydrogens is 339 g/mol. The minimum atomic E-state index is -0.110. The number of piperazine rings is 1. The van der Waals surface area contributed by atoms with Crippen LogP contribution < -0.4 is 5.32 Å². The Balaban J connectivity index is 0.00000242. The maximum Gasteiger partial charge on any atom is 0.127 e. The molecule has 1 aliphatic rings. The quantitative estimate of drug-likeness (QED) is 0.581. The predicted octanol–water partition coefficient (Wildman–Crippen LogP) is 3.17. The van der Waals surface area contributed by atoms with E-state index < -0.39 is 0 Å². The van der Waals surface area contributed by atoms with E-state index in [-0.39, 0.29) is 48.1 Å². The Bertz CT molecular complexity index is 446. The molecule has 1 atom stereocenters. The highest BCUT2D eigenvalue weighted by Crippen LogP contribution is 2.41. The van der Waals surface area contributed by atoms with Crippen molar-refractivity contribution in [3.8, 4) is 17.2 Å². The number of nitrogens with one attached hydrogen (secondary N) is 1. The van der Waals surface area contributed by atoms with Gasteiger partial charge in [0.25, 0.3) is 0 Å². The van der Waals surface area contributed by atoms with Gasteiger partial charge in [0.05, 0.1) is 5.56 Å². The third-order valence-corrected chi connectivity index (χ3v) is 4.13. The lowest BCUT2D eigenvalue weighted by Crippen LogP contribution is -2.45. The lowest BCUT2D eigenvalue weighted by molar-refractivity contribution is 0.157. The highest BCUT2D eigenvalue weighted by atomic mass is 35.5. The van der Waals surface area contributed by atoms with E-state index >= 15 is 0 Å². The lowest BCUT2D eigenvalue weighted by Gasteiger charge is -2.35. The highest BCUT2D eigenvalue weighted by molar-refractivity contribution is 5.85. The van der Waals surface area contributed by atoms with Gasteiger partial charge in [-0.25, -0.2) is 0 Å². The van der Waals surface area contributed by atoms with Gasteiger partial charge >= 0.3 is 0 Å². The van der Waals surface area contributed by atoms with Crippen LogP contribution in [0.4, 0.5) is 0 Å². The summed E-state index contributed by atoms with van der Waals surface area (Å²) in [5, 5.41) is 33.1. The van der Waals surface area contributed by atoms with Crippen LogP contribution in [0.3, 0.4) is 0 Å². The minimum absolute atomic E-state index is 0. The summed E-state index contributed by atoms with van der Waals surface area (Å²) in [7, 11) is 0. The molecule has 7 heteroatoms. The number of aromatic hydroxyl groups is 3. The summed E-state index contributed by atoms with van der Waals surface area (Å²) >= 11 is 0. The monoisotopic (exact) mass is 366 g/mol. The van der Waals surface area contributed by atoms with Crippen LogP contribution in [0.15, 0.2) is 12.1 Å². The first-order valence-electron chi connectivity index (χ1n) is 7.83. The van der Waals surface area contributed by atoms with Crippen molar-refractivity contribution in [2.45, 2.75) is 38.6 Å². The Morgan fingerprint density at radius 3 is 2.13 bits per heavy atom. The van der Waals surface area contributed by atoms with E-state index in [1.807, 2.05) is 0 Å². The summed E-state index contributed by atoms with van der Waals surface area (Å²) in [5.41, 5.74) is 0.547. The minimum Gasteiger partial charge on any atom is -0.508 e. The molecular formula is C16H28Cl2N2O3. The normalized spacial score (nSPS) is 16.2. The molecule has 1 heterocycles. The zero-order valence-corrected chi connectivity index (χ0v) is 15.1. The molecule has 0 aliphatic carbocycles. The van der Waals surface area contributed by atoms with Gasteiger partial charge in [0, 0.05) is 44.4 Å². The fourth-order valence-corrected chi connectivity index (χ4v) is 3.04. The summed E-state index contributed by atoms with van der Waals surface area (Å²) < 4.78 is 0. The third kappa shape index (κ3) is 5.92. The number of phenols is 3. The SMILES string of the molecule is CCCCC[C@@H](c1c(O)cc(O)cc1O)N1CCNCC1.Cl.Cl. The molecule has 5 nitrogen and oxygen atoms in total. The molecule has 1 aromatic rings. The standard InChI is InChI=1S/C16H26N2O3.2ClH/c1-2-3-4-5-13(18-8-6-17-7-9-18)16-14(20)10-12(19)11-15(16)21;;/h10-11,13,17,19-21H,2-9H2,1H3;2*1H/t13-;;/m0../s1. The van der Waals surface area contributed by atoms with Gasteiger partial charge in [-0.3, -0.25) is 4.90 Å². The van der Waals surface area contributed by atoms with E-state index in [4.69, 9.17) is 0 Å². The molecule has 0 aromatic heterocycles. The molecule has 4 N–H and O–H groups in total. The molecule has 1 saturated heterocycles. The topological polar surface area (TPSA) is 76.0 Å². The number of hydrogen-bond donors (Lipinski definition) is 4. The number of benzene rings is 1. The second-order valence-corrected chi connectivity index (χ2v) is 5.70. The van der Waals surface area contributed by atoms with Crippen molar-refractivity contribution in [1.29, 1.82) is 0 Å². The van der Waals surface area contributed by atoms with E-state index in [0.29, 0.717) is 5.56 Å². The summed E-state index contributed by atoms with van der Waals surface area (Å²) in [6.45, 7) is 5.80. The molecule has 0 amide bonds. The van der Waals surface area contributed by atoms with Gasteiger partial charge < -0.3 is 20.6 Å². The molecule has 134 valence electrons. The number of halogens is 2. The van der Waals surface area contributed by atoms with Crippen molar-refractivity contribution in [3.05, 3.63) is 17.7 Å². The van der Waals surface area contributed by atoms with Crippen molar-refractivity contribution in [3.63, 3.8) is 0 Å². The molecule has 2 rings (SSSR count).